The smallest absolute Gasteiger partial charge is 0.343 e. The van der Waals surface area contributed by atoms with Crippen LogP contribution >= 0.6 is 0 Å². The number of carbonyl (C=O) groups is 1. The van der Waals surface area contributed by atoms with Gasteiger partial charge in [0.2, 0.25) is 0 Å². The van der Waals surface area contributed by atoms with Gasteiger partial charge in [0.05, 0.1) is 13.1 Å². The van der Waals surface area contributed by atoms with Crippen LogP contribution in [0.1, 0.15) is 43.2 Å². The van der Waals surface area contributed by atoms with E-state index >= 15 is 0 Å². The van der Waals surface area contributed by atoms with Crippen molar-refractivity contribution in [2.45, 2.75) is 50.4 Å². The van der Waals surface area contributed by atoms with E-state index in [9.17, 15) is 15.0 Å². The van der Waals surface area contributed by atoms with Crippen LogP contribution in [0.5, 0.6) is 5.75 Å². The molecule has 2 unspecified atom stereocenters. The molecule has 0 amide bonds. The minimum absolute atomic E-state index is 0.135. The van der Waals surface area contributed by atoms with Crippen LogP contribution in [0.25, 0.3) is 0 Å². The lowest BCUT2D eigenvalue weighted by molar-refractivity contribution is -0.178. The molecule has 0 spiro atoms. The van der Waals surface area contributed by atoms with Crippen molar-refractivity contribution in [1.29, 1.82) is 0 Å². The van der Waals surface area contributed by atoms with E-state index in [1.807, 2.05) is 29.2 Å². The Labute approximate surface area is 188 Å². The number of phenols is 1. The van der Waals surface area contributed by atoms with Crippen molar-refractivity contribution in [3.8, 4) is 5.75 Å². The summed E-state index contributed by atoms with van der Waals surface area (Å²) in [5.74, 6) is -0.139. The third kappa shape index (κ3) is 4.72. The number of nitrogens with two attached hydrogens (primary N) is 1. The highest BCUT2D eigenvalue weighted by Crippen LogP contribution is 2.41. The Morgan fingerprint density at radius 2 is 1.88 bits per heavy atom. The Kier molecular flexibility index (Phi) is 6.65. The molecule has 170 valence electrons. The highest BCUT2D eigenvalue weighted by Gasteiger charge is 2.48. The molecule has 0 aromatic heterocycles. The fourth-order valence-electron chi connectivity index (χ4n) is 4.76. The van der Waals surface area contributed by atoms with Crippen molar-refractivity contribution in [2.24, 2.45) is 16.6 Å². The molecule has 2 aromatic rings. The number of guanidine groups is 1. The molecule has 0 radical (unpaired) electrons. The summed E-state index contributed by atoms with van der Waals surface area (Å²) < 4.78 is 5.83. The maximum absolute atomic E-state index is 13.3. The van der Waals surface area contributed by atoms with Crippen molar-refractivity contribution in [2.75, 3.05) is 13.1 Å². The average Bonchev–Trinajstić information content (AvgIpc) is 3.50. The Morgan fingerprint density at radius 1 is 1.12 bits per heavy atom. The van der Waals surface area contributed by atoms with Crippen LogP contribution < -0.4 is 5.73 Å². The molecule has 2 fully saturated rings. The Morgan fingerprint density at radius 3 is 2.59 bits per heavy atom. The second-order valence-corrected chi connectivity index (χ2v) is 8.72. The Bertz CT molecular complexity index is 959. The number of aliphatic imine (C=N–C) groups is 1. The molecule has 1 saturated heterocycles. The number of aliphatic hydroxyl groups is 1. The zero-order valence-corrected chi connectivity index (χ0v) is 18.2. The molecule has 4 rings (SSSR count). The molecule has 7 nitrogen and oxygen atoms in total. The monoisotopic (exact) mass is 437 g/mol. The van der Waals surface area contributed by atoms with Crippen molar-refractivity contribution in [3.63, 3.8) is 0 Å². The molecule has 1 heterocycles. The summed E-state index contributed by atoms with van der Waals surface area (Å²) in [6.07, 6.45) is 3.92. The van der Waals surface area contributed by atoms with Gasteiger partial charge in [0, 0.05) is 18.9 Å². The summed E-state index contributed by atoms with van der Waals surface area (Å²) in [4.78, 5) is 19.5. The van der Waals surface area contributed by atoms with E-state index in [1.165, 1.54) is 0 Å². The number of hydrogen-bond donors (Lipinski definition) is 3. The number of ether oxygens (including phenoxy) is 1. The van der Waals surface area contributed by atoms with E-state index in [0.29, 0.717) is 37.6 Å². The van der Waals surface area contributed by atoms with Crippen LogP contribution in [-0.2, 0) is 21.7 Å². The Balaban J connectivity index is 1.40. The van der Waals surface area contributed by atoms with Gasteiger partial charge in [0.1, 0.15) is 11.9 Å². The average molecular weight is 438 g/mol. The lowest BCUT2D eigenvalue weighted by Gasteiger charge is -2.33. The third-order valence-electron chi connectivity index (χ3n) is 6.55. The number of rotatable bonds is 6. The summed E-state index contributed by atoms with van der Waals surface area (Å²) in [6.45, 7) is 1.42. The molecule has 1 aliphatic carbocycles. The zero-order chi connectivity index (χ0) is 22.6. The van der Waals surface area contributed by atoms with Crippen molar-refractivity contribution >= 4 is 11.9 Å². The minimum Gasteiger partial charge on any atom is -0.508 e. The summed E-state index contributed by atoms with van der Waals surface area (Å²) in [5, 5.41) is 21.1. The van der Waals surface area contributed by atoms with E-state index in [-0.39, 0.29) is 17.8 Å². The number of benzene rings is 2. The summed E-state index contributed by atoms with van der Waals surface area (Å²) in [7, 11) is 0. The first-order valence-corrected chi connectivity index (χ1v) is 11.3. The van der Waals surface area contributed by atoms with Crippen LogP contribution in [0.15, 0.2) is 59.6 Å². The van der Waals surface area contributed by atoms with Gasteiger partial charge in [0.25, 0.3) is 0 Å². The molecule has 4 N–H and O–H groups in total. The first-order chi connectivity index (χ1) is 15.5. The topological polar surface area (TPSA) is 108 Å². The normalized spacial score (nSPS) is 21.5. The maximum atomic E-state index is 13.3. The molecule has 2 aliphatic rings. The number of aromatic hydroxyl groups is 1. The van der Waals surface area contributed by atoms with Crippen LogP contribution in [0.3, 0.4) is 0 Å². The fraction of sp³-hybridized carbons (Fsp3) is 0.440. The molecule has 1 aliphatic heterocycles. The van der Waals surface area contributed by atoms with Gasteiger partial charge in [-0.05, 0) is 36.1 Å². The summed E-state index contributed by atoms with van der Waals surface area (Å²) in [5.41, 5.74) is 5.99. The summed E-state index contributed by atoms with van der Waals surface area (Å²) in [6, 6.07) is 16.0. The fourth-order valence-corrected chi connectivity index (χ4v) is 4.76. The van der Waals surface area contributed by atoms with Crippen LogP contribution in [0, 0.1) is 5.92 Å². The molecule has 2 atom stereocenters. The predicted molar refractivity (Wildman–Crippen MR) is 122 cm³/mol. The van der Waals surface area contributed by atoms with Crippen LogP contribution in [-0.4, -0.2) is 46.2 Å². The Hall–Kier alpha value is -3.06. The molecule has 2 aromatic carbocycles. The van der Waals surface area contributed by atoms with Crippen LogP contribution in [0.2, 0.25) is 0 Å². The van der Waals surface area contributed by atoms with Gasteiger partial charge in [-0.3, -0.25) is 0 Å². The van der Waals surface area contributed by atoms with Gasteiger partial charge >= 0.3 is 5.97 Å². The van der Waals surface area contributed by atoms with Crippen molar-refractivity contribution in [1.82, 2.24) is 4.90 Å². The minimum atomic E-state index is -1.62. The van der Waals surface area contributed by atoms with Gasteiger partial charge in [0.15, 0.2) is 11.6 Å². The zero-order valence-electron chi connectivity index (χ0n) is 18.2. The van der Waals surface area contributed by atoms with Gasteiger partial charge in [-0.25, -0.2) is 9.79 Å². The summed E-state index contributed by atoms with van der Waals surface area (Å²) >= 11 is 0. The number of esters is 1. The SMILES string of the molecule is NC(=NCc1cccc(O)c1)N1CCC(OC(=O)C(O)(c2ccccc2)C2CCCC2)C1. The third-order valence-corrected chi connectivity index (χ3v) is 6.55. The number of phenolic OH excluding ortho intramolecular Hbond substituents is 1. The maximum Gasteiger partial charge on any atom is 0.343 e. The van der Waals surface area contributed by atoms with Crippen molar-refractivity contribution in [3.05, 3.63) is 65.7 Å². The highest BCUT2D eigenvalue weighted by molar-refractivity contribution is 5.82. The number of carbonyl (C=O) groups excluding carboxylic acids is 1. The molecule has 7 heteroatoms. The number of hydrogen-bond acceptors (Lipinski definition) is 5. The van der Waals surface area contributed by atoms with Gasteiger partial charge in [-0.1, -0.05) is 55.3 Å². The standard InChI is InChI=1S/C25H31N3O4/c26-24(27-16-18-7-6-12-21(29)15-18)28-14-13-22(17-28)32-23(30)25(31,20-10-4-5-11-20)19-8-2-1-3-9-19/h1-3,6-9,12,15,20,22,29,31H,4-5,10-11,13-14,16-17H2,(H2,26,27). The molecular weight excluding hydrogens is 406 g/mol. The van der Waals surface area contributed by atoms with Crippen LogP contribution in [0.4, 0.5) is 0 Å². The first kappa shape index (κ1) is 22.1. The molecular formula is C25H31N3O4. The number of likely N-dealkylation sites (tertiary alicyclic amines) is 1. The predicted octanol–water partition coefficient (Wildman–Crippen LogP) is 2.90. The lowest BCUT2D eigenvalue weighted by Crippen LogP contribution is -2.45. The largest absolute Gasteiger partial charge is 0.508 e. The molecule has 1 saturated carbocycles. The van der Waals surface area contributed by atoms with E-state index in [2.05, 4.69) is 4.99 Å². The van der Waals surface area contributed by atoms with E-state index in [4.69, 9.17) is 10.5 Å². The van der Waals surface area contributed by atoms with Gasteiger partial charge < -0.3 is 25.6 Å². The lowest BCUT2D eigenvalue weighted by atomic mass is 9.80. The van der Waals surface area contributed by atoms with E-state index in [1.54, 1.807) is 30.3 Å². The first-order valence-electron chi connectivity index (χ1n) is 11.3. The quantitative estimate of drug-likeness (QED) is 0.364. The van der Waals surface area contributed by atoms with E-state index in [0.717, 1.165) is 31.2 Å². The highest BCUT2D eigenvalue weighted by atomic mass is 16.6. The second kappa shape index (κ2) is 9.61. The second-order valence-electron chi connectivity index (χ2n) is 8.72. The van der Waals surface area contributed by atoms with E-state index < -0.39 is 11.6 Å². The molecule has 0 bridgehead atoms. The number of nitrogens with zero attached hydrogens (tertiary/aromatic N) is 2. The van der Waals surface area contributed by atoms with Gasteiger partial charge in [-0.2, -0.15) is 0 Å². The van der Waals surface area contributed by atoms with Crippen molar-refractivity contribution < 1.29 is 19.7 Å². The molecule has 32 heavy (non-hydrogen) atoms. The van der Waals surface area contributed by atoms with Gasteiger partial charge in [-0.15, -0.1) is 0 Å².